The largest absolute Gasteiger partial charge is 0.469 e. The fourth-order valence-electron chi connectivity index (χ4n) is 2.99. The lowest BCUT2D eigenvalue weighted by molar-refractivity contribution is -0.141. The summed E-state index contributed by atoms with van der Waals surface area (Å²) in [6, 6.07) is 0.476. The van der Waals surface area contributed by atoms with Crippen LogP contribution in [0.15, 0.2) is 0 Å². The van der Waals surface area contributed by atoms with Crippen LogP contribution < -0.4 is 5.32 Å². The minimum absolute atomic E-state index is 0.132. The Morgan fingerprint density at radius 2 is 2.25 bits per heavy atom. The molecule has 2 unspecified atom stereocenters. The molecule has 0 saturated carbocycles. The third kappa shape index (κ3) is 6.68. The summed E-state index contributed by atoms with van der Waals surface area (Å²) in [4.78, 5) is 13.6. The van der Waals surface area contributed by atoms with Crippen molar-refractivity contribution < 1.29 is 14.6 Å². The maximum absolute atomic E-state index is 11.3. The normalized spacial score (nSPS) is 23.8. The summed E-state index contributed by atoms with van der Waals surface area (Å²) in [5.41, 5.74) is 0. The number of carbonyl (C=O) groups is 1. The molecule has 0 radical (unpaired) electrons. The number of piperidine rings is 1. The highest BCUT2D eigenvalue weighted by atomic mass is 16.5. The summed E-state index contributed by atoms with van der Waals surface area (Å²) in [7, 11) is 1.44. The highest BCUT2D eigenvalue weighted by Gasteiger charge is 2.26. The number of rotatable bonds is 9. The van der Waals surface area contributed by atoms with Crippen LogP contribution in [0.25, 0.3) is 0 Å². The van der Waals surface area contributed by atoms with Crippen molar-refractivity contribution in [3.63, 3.8) is 0 Å². The fourth-order valence-corrected chi connectivity index (χ4v) is 2.99. The van der Waals surface area contributed by atoms with E-state index in [0.29, 0.717) is 18.4 Å². The molecular formula is C15H30N2O3. The van der Waals surface area contributed by atoms with E-state index in [1.165, 1.54) is 26.4 Å². The van der Waals surface area contributed by atoms with Gasteiger partial charge in [-0.25, -0.2) is 0 Å². The molecule has 0 aromatic heterocycles. The summed E-state index contributed by atoms with van der Waals surface area (Å²) in [6.45, 7) is 6.19. The summed E-state index contributed by atoms with van der Waals surface area (Å²) in [5.74, 6) is 0.574. The molecule has 2 atom stereocenters. The highest BCUT2D eigenvalue weighted by Crippen LogP contribution is 2.21. The number of carbonyl (C=O) groups excluding carboxylic acids is 1. The maximum Gasteiger partial charge on any atom is 0.306 e. The van der Waals surface area contributed by atoms with Crippen molar-refractivity contribution >= 4 is 5.97 Å². The average molecular weight is 286 g/mol. The van der Waals surface area contributed by atoms with Crippen LogP contribution in [0.2, 0.25) is 0 Å². The molecule has 5 heteroatoms. The minimum atomic E-state index is -0.132. The smallest absolute Gasteiger partial charge is 0.306 e. The Bertz CT molecular complexity index is 274. The van der Waals surface area contributed by atoms with Gasteiger partial charge >= 0.3 is 5.97 Å². The second-order valence-corrected chi connectivity index (χ2v) is 5.70. The number of nitrogens with one attached hydrogen (secondary N) is 1. The SMILES string of the molecule is CCCC1CC(NCCCO)CN(CCC(=O)OC)C1. The van der Waals surface area contributed by atoms with E-state index in [9.17, 15) is 4.79 Å². The second kappa shape index (κ2) is 10.1. The van der Waals surface area contributed by atoms with Gasteiger partial charge < -0.3 is 20.1 Å². The molecule has 0 aliphatic carbocycles. The van der Waals surface area contributed by atoms with Crippen LogP contribution in [0, 0.1) is 5.92 Å². The van der Waals surface area contributed by atoms with Crippen molar-refractivity contribution in [1.82, 2.24) is 10.2 Å². The van der Waals surface area contributed by atoms with Gasteiger partial charge in [-0.3, -0.25) is 4.79 Å². The molecule has 5 nitrogen and oxygen atoms in total. The molecular weight excluding hydrogens is 256 g/mol. The molecule has 1 heterocycles. The third-order valence-electron chi connectivity index (χ3n) is 3.94. The van der Waals surface area contributed by atoms with E-state index in [-0.39, 0.29) is 12.6 Å². The van der Waals surface area contributed by atoms with Crippen molar-refractivity contribution in [2.45, 2.75) is 45.1 Å². The van der Waals surface area contributed by atoms with Crippen molar-refractivity contribution in [1.29, 1.82) is 0 Å². The van der Waals surface area contributed by atoms with Gasteiger partial charge in [-0.05, 0) is 31.7 Å². The Balaban J connectivity index is 2.40. The quantitative estimate of drug-likeness (QED) is 0.489. The molecule has 0 amide bonds. The van der Waals surface area contributed by atoms with Crippen LogP contribution >= 0.6 is 0 Å². The zero-order chi connectivity index (χ0) is 14.8. The van der Waals surface area contributed by atoms with E-state index < -0.39 is 0 Å². The number of nitrogens with zero attached hydrogens (tertiary/aromatic N) is 1. The van der Waals surface area contributed by atoms with Crippen molar-refractivity contribution in [2.75, 3.05) is 39.9 Å². The first kappa shape index (κ1) is 17.4. The standard InChI is InChI=1S/C15H30N2O3/c1-3-5-13-10-14(16-7-4-9-18)12-17(11-13)8-6-15(19)20-2/h13-14,16,18H,3-12H2,1-2H3. The molecule has 1 aliphatic rings. The van der Waals surface area contributed by atoms with Gasteiger partial charge in [0.05, 0.1) is 13.5 Å². The Kier molecular flexibility index (Phi) is 8.82. The number of methoxy groups -OCH3 is 1. The van der Waals surface area contributed by atoms with Crippen LogP contribution in [-0.2, 0) is 9.53 Å². The molecule has 1 aliphatic heterocycles. The molecule has 118 valence electrons. The molecule has 1 saturated heterocycles. The fraction of sp³-hybridized carbons (Fsp3) is 0.933. The maximum atomic E-state index is 11.3. The van der Waals surface area contributed by atoms with Gasteiger partial charge in [0.25, 0.3) is 0 Å². The van der Waals surface area contributed by atoms with Gasteiger partial charge in [0.15, 0.2) is 0 Å². The van der Waals surface area contributed by atoms with Crippen LogP contribution in [0.1, 0.15) is 39.0 Å². The van der Waals surface area contributed by atoms with Gasteiger partial charge in [-0.1, -0.05) is 13.3 Å². The van der Waals surface area contributed by atoms with Crippen LogP contribution in [-0.4, -0.2) is 61.9 Å². The van der Waals surface area contributed by atoms with Crippen LogP contribution in [0.3, 0.4) is 0 Å². The minimum Gasteiger partial charge on any atom is -0.469 e. The number of ether oxygens (including phenoxy) is 1. The van der Waals surface area contributed by atoms with Gasteiger partial charge in [0.2, 0.25) is 0 Å². The molecule has 2 N–H and O–H groups in total. The van der Waals surface area contributed by atoms with Crippen LogP contribution in [0.4, 0.5) is 0 Å². The molecule has 20 heavy (non-hydrogen) atoms. The van der Waals surface area contributed by atoms with E-state index >= 15 is 0 Å². The van der Waals surface area contributed by atoms with Crippen molar-refractivity contribution in [3.8, 4) is 0 Å². The summed E-state index contributed by atoms with van der Waals surface area (Å²) in [6.07, 6.45) is 4.93. The Morgan fingerprint density at radius 3 is 2.90 bits per heavy atom. The van der Waals surface area contributed by atoms with E-state index in [4.69, 9.17) is 9.84 Å². The predicted molar refractivity (Wildman–Crippen MR) is 79.6 cm³/mol. The number of esters is 1. The molecule has 0 bridgehead atoms. The first-order valence-electron chi connectivity index (χ1n) is 7.83. The Labute approximate surface area is 122 Å². The van der Waals surface area contributed by atoms with Gasteiger partial charge in [0.1, 0.15) is 0 Å². The average Bonchev–Trinajstić information content (AvgIpc) is 2.45. The lowest BCUT2D eigenvalue weighted by Crippen LogP contribution is -2.50. The molecule has 0 spiro atoms. The first-order chi connectivity index (χ1) is 9.69. The van der Waals surface area contributed by atoms with E-state index in [1.54, 1.807) is 0 Å². The number of aliphatic hydroxyl groups is 1. The van der Waals surface area contributed by atoms with E-state index in [0.717, 1.165) is 32.6 Å². The number of hydrogen-bond donors (Lipinski definition) is 2. The lowest BCUT2D eigenvalue weighted by atomic mass is 9.90. The molecule has 0 aromatic carbocycles. The highest BCUT2D eigenvalue weighted by molar-refractivity contribution is 5.69. The Hall–Kier alpha value is -0.650. The third-order valence-corrected chi connectivity index (χ3v) is 3.94. The molecule has 0 aromatic rings. The van der Waals surface area contributed by atoms with E-state index in [1.807, 2.05) is 0 Å². The van der Waals surface area contributed by atoms with Crippen LogP contribution in [0.5, 0.6) is 0 Å². The number of likely N-dealkylation sites (tertiary alicyclic amines) is 1. The van der Waals surface area contributed by atoms with Gasteiger partial charge in [-0.15, -0.1) is 0 Å². The van der Waals surface area contributed by atoms with E-state index in [2.05, 4.69) is 17.1 Å². The van der Waals surface area contributed by atoms with Gasteiger partial charge in [-0.2, -0.15) is 0 Å². The first-order valence-corrected chi connectivity index (χ1v) is 7.83. The topological polar surface area (TPSA) is 61.8 Å². The van der Waals surface area contributed by atoms with Crippen molar-refractivity contribution in [2.24, 2.45) is 5.92 Å². The second-order valence-electron chi connectivity index (χ2n) is 5.70. The van der Waals surface area contributed by atoms with Crippen molar-refractivity contribution in [3.05, 3.63) is 0 Å². The summed E-state index contributed by atoms with van der Waals surface area (Å²) < 4.78 is 4.71. The zero-order valence-corrected chi connectivity index (χ0v) is 12.9. The monoisotopic (exact) mass is 286 g/mol. The zero-order valence-electron chi connectivity index (χ0n) is 12.9. The molecule has 1 rings (SSSR count). The number of hydrogen-bond acceptors (Lipinski definition) is 5. The summed E-state index contributed by atoms with van der Waals surface area (Å²) >= 11 is 0. The predicted octanol–water partition coefficient (Wildman–Crippen LogP) is 1.01. The molecule has 1 fully saturated rings. The lowest BCUT2D eigenvalue weighted by Gasteiger charge is -2.38. The summed E-state index contributed by atoms with van der Waals surface area (Å²) in [5, 5.41) is 12.4. The van der Waals surface area contributed by atoms with Gasteiger partial charge in [0, 0.05) is 32.3 Å². The number of aliphatic hydroxyl groups excluding tert-OH is 1. The Morgan fingerprint density at radius 1 is 1.45 bits per heavy atom.